The molecule has 10 nitrogen and oxygen atoms in total. The van der Waals surface area contributed by atoms with E-state index >= 15 is 0 Å². The molecule has 5 aliphatic rings. The van der Waals surface area contributed by atoms with Crippen molar-refractivity contribution >= 4 is 23.9 Å². The number of benzene rings is 2. The van der Waals surface area contributed by atoms with Gasteiger partial charge in [-0.3, -0.25) is 19.2 Å². The highest BCUT2D eigenvalue weighted by atomic mass is 16.7. The number of ether oxygens (including phenoxy) is 5. The Morgan fingerprint density at radius 2 is 1.35 bits per heavy atom. The van der Waals surface area contributed by atoms with E-state index in [1.807, 2.05) is 74.4 Å². The van der Waals surface area contributed by atoms with Gasteiger partial charge in [0.05, 0.1) is 28.3 Å². The van der Waals surface area contributed by atoms with Crippen LogP contribution in [-0.4, -0.2) is 59.5 Å². The molecular formula is C45H62O10. The lowest BCUT2D eigenvalue weighted by molar-refractivity contribution is -0.169. The van der Waals surface area contributed by atoms with Gasteiger partial charge >= 0.3 is 23.9 Å². The average molecular weight is 763 g/mol. The van der Waals surface area contributed by atoms with Crippen LogP contribution >= 0.6 is 0 Å². The van der Waals surface area contributed by atoms with Gasteiger partial charge in [-0.2, -0.15) is 0 Å². The molecular weight excluding hydrogens is 700 g/mol. The molecule has 0 amide bonds. The molecule has 7 rings (SSSR count). The molecule has 0 aromatic heterocycles. The number of phenolic OH excluding ortho intramolecular Hbond substituents is 1. The molecule has 55 heavy (non-hydrogen) atoms. The summed E-state index contributed by atoms with van der Waals surface area (Å²) in [5, 5.41) is 9.42. The Morgan fingerprint density at radius 1 is 0.745 bits per heavy atom. The van der Waals surface area contributed by atoms with Gasteiger partial charge in [0, 0.05) is 12.8 Å². The second-order valence-corrected chi connectivity index (χ2v) is 17.7. The Bertz CT molecular complexity index is 1710. The van der Waals surface area contributed by atoms with Crippen LogP contribution in [-0.2, 0) is 62.1 Å². The molecule has 2 aliphatic carbocycles. The fraction of sp³-hybridized carbons (Fsp3) is 0.644. The van der Waals surface area contributed by atoms with Crippen molar-refractivity contribution in [1.29, 1.82) is 0 Å². The van der Waals surface area contributed by atoms with E-state index < -0.39 is 23.0 Å². The number of esters is 4. The summed E-state index contributed by atoms with van der Waals surface area (Å²) in [5.74, 6) is -0.529. The lowest BCUT2D eigenvalue weighted by atomic mass is 9.87. The van der Waals surface area contributed by atoms with E-state index in [9.17, 15) is 24.3 Å². The van der Waals surface area contributed by atoms with E-state index in [4.69, 9.17) is 23.7 Å². The maximum atomic E-state index is 12.3. The minimum absolute atomic E-state index is 0.0583. The maximum Gasteiger partial charge on any atom is 0.312 e. The summed E-state index contributed by atoms with van der Waals surface area (Å²) in [6.45, 7) is 17.4. The molecule has 0 saturated carbocycles. The normalized spacial score (nSPS) is 26.2. The lowest BCUT2D eigenvalue weighted by Crippen LogP contribution is -2.42. The van der Waals surface area contributed by atoms with E-state index in [-0.39, 0.29) is 65.4 Å². The predicted octanol–water partition coefficient (Wildman–Crippen LogP) is 8.32. The second-order valence-electron chi connectivity index (χ2n) is 17.7. The number of aryl methyl sites for hydroxylation is 1. The number of carbonyl (C=O) groups is 4. The Balaban J connectivity index is 0.000000158. The van der Waals surface area contributed by atoms with Gasteiger partial charge in [-0.15, -0.1) is 0 Å². The standard InChI is InChI=1S/C17H24O2.C15H20O3.C13H18O5/c1-4-17(2,3)16(18)19-15-12-8-6-10-13-9-5-7-11-14(13)15;1-4-15(2,3)14(17)18-13-8-10-5-6-12(16)7-11(10)9-13;1-4-13(2,3)12(15)18-9-7-5-6-8(16-7)10(9)17-11(6)14/h5,7,9,11,15H,4,6,8,10,12H2,1-3H3;5-7,13,16H,4,8-9H2,1-3H3;6-10H,4-5H2,1-3H3. The highest BCUT2D eigenvalue weighted by Crippen LogP contribution is 2.48. The number of phenols is 1. The highest BCUT2D eigenvalue weighted by Gasteiger charge is 2.65. The van der Waals surface area contributed by atoms with Crippen molar-refractivity contribution in [3.8, 4) is 5.75 Å². The summed E-state index contributed by atoms with van der Waals surface area (Å²) in [6, 6.07) is 13.7. The zero-order chi connectivity index (χ0) is 40.3. The minimum atomic E-state index is -0.510. The van der Waals surface area contributed by atoms with Crippen LogP contribution in [0.3, 0.4) is 0 Å². The molecule has 7 unspecified atom stereocenters. The van der Waals surface area contributed by atoms with Crippen LogP contribution in [0.1, 0.15) is 136 Å². The van der Waals surface area contributed by atoms with E-state index in [1.165, 1.54) is 23.1 Å². The van der Waals surface area contributed by atoms with Gasteiger partial charge in [-0.05, 0) is 127 Å². The van der Waals surface area contributed by atoms with Crippen molar-refractivity contribution in [1.82, 2.24) is 0 Å². The van der Waals surface area contributed by atoms with Crippen molar-refractivity contribution in [2.45, 2.75) is 163 Å². The minimum Gasteiger partial charge on any atom is -0.508 e. The largest absolute Gasteiger partial charge is 0.508 e. The fourth-order valence-corrected chi connectivity index (χ4v) is 7.34. The quantitative estimate of drug-likeness (QED) is 0.151. The number of fused-ring (bicyclic) bond motifs is 3. The number of hydrogen-bond donors (Lipinski definition) is 1. The van der Waals surface area contributed by atoms with Crippen molar-refractivity contribution in [3.63, 3.8) is 0 Å². The molecule has 2 aromatic carbocycles. The molecule has 7 atom stereocenters. The van der Waals surface area contributed by atoms with Crippen LogP contribution in [0.4, 0.5) is 0 Å². The molecule has 302 valence electrons. The number of carbonyl (C=O) groups excluding carboxylic acids is 4. The number of aromatic hydroxyl groups is 1. The first kappa shape index (κ1) is 42.2. The summed E-state index contributed by atoms with van der Waals surface area (Å²) < 4.78 is 27.8. The Kier molecular flexibility index (Phi) is 13.1. The molecule has 2 bridgehead atoms. The molecule has 3 aliphatic heterocycles. The molecule has 3 heterocycles. The Morgan fingerprint density at radius 3 is 2.00 bits per heavy atom. The van der Waals surface area contributed by atoms with Gasteiger partial charge in [0.1, 0.15) is 24.1 Å². The van der Waals surface area contributed by atoms with Crippen molar-refractivity contribution in [3.05, 3.63) is 64.7 Å². The first-order valence-corrected chi connectivity index (χ1v) is 20.3. The summed E-state index contributed by atoms with van der Waals surface area (Å²) >= 11 is 0. The first-order chi connectivity index (χ1) is 25.9. The molecule has 0 spiro atoms. The lowest BCUT2D eigenvalue weighted by Gasteiger charge is -2.27. The third kappa shape index (κ3) is 9.55. The molecule has 0 radical (unpaired) electrons. The fourth-order valence-electron chi connectivity index (χ4n) is 7.34. The summed E-state index contributed by atoms with van der Waals surface area (Å²) in [5.41, 5.74) is 3.48. The van der Waals surface area contributed by atoms with Crippen LogP contribution in [0.25, 0.3) is 0 Å². The van der Waals surface area contributed by atoms with Crippen molar-refractivity contribution < 1.29 is 48.0 Å². The van der Waals surface area contributed by atoms with Crippen LogP contribution in [0.15, 0.2) is 42.5 Å². The highest BCUT2D eigenvalue weighted by molar-refractivity contribution is 5.79. The van der Waals surface area contributed by atoms with Gasteiger partial charge in [-0.1, -0.05) is 51.1 Å². The third-order valence-corrected chi connectivity index (χ3v) is 12.5. The number of rotatable bonds is 9. The zero-order valence-electron chi connectivity index (χ0n) is 34.3. The zero-order valence-corrected chi connectivity index (χ0v) is 34.3. The first-order valence-electron chi connectivity index (χ1n) is 20.3. The summed E-state index contributed by atoms with van der Waals surface area (Å²) in [6.07, 6.45) is 7.38. The predicted molar refractivity (Wildman–Crippen MR) is 207 cm³/mol. The summed E-state index contributed by atoms with van der Waals surface area (Å²) in [4.78, 5) is 47.9. The smallest absolute Gasteiger partial charge is 0.312 e. The van der Waals surface area contributed by atoms with E-state index in [0.717, 1.165) is 44.1 Å². The van der Waals surface area contributed by atoms with Gasteiger partial charge in [0.25, 0.3) is 0 Å². The molecule has 3 fully saturated rings. The monoisotopic (exact) mass is 762 g/mol. The van der Waals surface area contributed by atoms with Crippen LogP contribution in [0.5, 0.6) is 5.75 Å². The molecule has 3 saturated heterocycles. The third-order valence-electron chi connectivity index (χ3n) is 12.5. The van der Waals surface area contributed by atoms with Crippen LogP contribution in [0.2, 0.25) is 0 Å². The van der Waals surface area contributed by atoms with E-state index in [0.29, 0.717) is 19.3 Å². The second kappa shape index (κ2) is 17.1. The summed E-state index contributed by atoms with van der Waals surface area (Å²) in [7, 11) is 0. The maximum absolute atomic E-state index is 12.3. The average Bonchev–Trinajstić information content (AvgIpc) is 3.87. The molecule has 10 heteroatoms. The van der Waals surface area contributed by atoms with Gasteiger partial charge in [-0.25, -0.2) is 0 Å². The van der Waals surface area contributed by atoms with Crippen LogP contribution in [0, 0.1) is 22.2 Å². The Labute approximate surface area is 327 Å². The topological polar surface area (TPSA) is 135 Å². The van der Waals surface area contributed by atoms with Crippen molar-refractivity contribution in [2.75, 3.05) is 0 Å². The van der Waals surface area contributed by atoms with E-state index in [2.05, 4.69) is 18.2 Å². The van der Waals surface area contributed by atoms with Gasteiger partial charge in [0.2, 0.25) is 0 Å². The van der Waals surface area contributed by atoms with Crippen molar-refractivity contribution in [2.24, 2.45) is 22.2 Å². The van der Waals surface area contributed by atoms with E-state index in [1.54, 1.807) is 12.1 Å². The van der Waals surface area contributed by atoms with Gasteiger partial charge < -0.3 is 28.8 Å². The molecule has 1 N–H and O–H groups in total. The Hall–Kier alpha value is -3.92. The van der Waals surface area contributed by atoms with Gasteiger partial charge in [0.15, 0.2) is 12.2 Å². The SMILES string of the molecule is CCC(C)(C)C(=O)OC1C2CC3C(=O)OC1C3O2.CCC(C)(C)C(=O)OC1CCCCc2ccccc21.CCC(C)(C)C(=O)OC1Cc2ccc(O)cc2C1. The van der Waals surface area contributed by atoms with Crippen LogP contribution < -0.4 is 0 Å². The molecule has 2 aromatic rings. The number of hydrogen-bond acceptors (Lipinski definition) is 10.